The Bertz CT molecular complexity index is 306. The molecule has 0 N–H and O–H groups in total. The average Bonchev–Trinajstić information content (AvgIpc) is 2.27. The zero-order valence-corrected chi connectivity index (χ0v) is 9.32. The van der Waals surface area contributed by atoms with E-state index >= 15 is 0 Å². The summed E-state index contributed by atoms with van der Waals surface area (Å²) in [4.78, 5) is 15.5. The van der Waals surface area contributed by atoms with E-state index in [4.69, 9.17) is 4.74 Å². The number of aromatic nitrogens is 1. The molecule has 0 saturated heterocycles. The number of methoxy groups -OCH3 is 1. The van der Waals surface area contributed by atoms with Gasteiger partial charge < -0.3 is 4.74 Å². The van der Waals surface area contributed by atoms with Gasteiger partial charge in [0.1, 0.15) is 5.78 Å². The molecule has 0 radical (unpaired) electrons. The van der Waals surface area contributed by atoms with Gasteiger partial charge in [0.2, 0.25) is 5.88 Å². The van der Waals surface area contributed by atoms with Gasteiger partial charge in [-0.2, -0.15) is 0 Å². The van der Waals surface area contributed by atoms with Crippen LogP contribution in [0.25, 0.3) is 0 Å². The highest BCUT2D eigenvalue weighted by atomic mass is 16.5. The first-order chi connectivity index (χ1) is 7.26. The number of carbonyl (C=O) groups is 1. The Morgan fingerprint density at radius 1 is 1.47 bits per heavy atom. The minimum atomic E-state index is 0.281. The molecule has 0 aliphatic rings. The van der Waals surface area contributed by atoms with Crippen LogP contribution >= 0.6 is 0 Å². The number of rotatable bonds is 6. The third-order valence-electron chi connectivity index (χ3n) is 2.22. The molecule has 0 aliphatic carbocycles. The van der Waals surface area contributed by atoms with Crippen LogP contribution in [0.5, 0.6) is 5.88 Å². The molecule has 1 aromatic heterocycles. The van der Waals surface area contributed by atoms with Gasteiger partial charge in [-0.15, -0.1) is 0 Å². The first-order valence-electron chi connectivity index (χ1n) is 5.27. The lowest BCUT2D eigenvalue weighted by Crippen LogP contribution is -2.02. The molecule has 3 nitrogen and oxygen atoms in total. The van der Waals surface area contributed by atoms with Gasteiger partial charge in [0, 0.05) is 25.1 Å². The highest BCUT2D eigenvalue weighted by Gasteiger charge is 2.03. The molecular formula is C12H17NO2. The third kappa shape index (κ3) is 4.11. The normalized spacial score (nSPS) is 10.0. The van der Waals surface area contributed by atoms with Gasteiger partial charge in [-0.05, 0) is 12.0 Å². The minimum absolute atomic E-state index is 0.281. The summed E-state index contributed by atoms with van der Waals surface area (Å²) in [5.41, 5.74) is 0.955. The largest absolute Gasteiger partial charge is 0.481 e. The van der Waals surface area contributed by atoms with Crippen molar-refractivity contribution in [3.8, 4) is 5.88 Å². The summed E-state index contributed by atoms with van der Waals surface area (Å²) in [6.07, 6.45) is 4.89. The zero-order valence-electron chi connectivity index (χ0n) is 9.32. The SMILES string of the molecule is CCCCC(=O)Cc1ccc(OC)nc1. The van der Waals surface area contributed by atoms with Crippen LogP contribution < -0.4 is 4.74 Å². The van der Waals surface area contributed by atoms with Gasteiger partial charge in [0.25, 0.3) is 0 Å². The van der Waals surface area contributed by atoms with Gasteiger partial charge in [-0.25, -0.2) is 4.98 Å². The highest BCUT2D eigenvalue weighted by molar-refractivity contribution is 5.80. The lowest BCUT2D eigenvalue weighted by atomic mass is 10.1. The van der Waals surface area contributed by atoms with Gasteiger partial charge in [-0.3, -0.25) is 4.79 Å². The molecule has 0 aliphatic heterocycles. The van der Waals surface area contributed by atoms with Crippen molar-refractivity contribution in [2.24, 2.45) is 0 Å². The first-order valence-corrected chi connectivity index (χ1v) is 5.27. The van der Waals surface area contributed by atoms with Crippen molar-refractivity contribution in [2.75, 3.05) is 7.11 Å². The molecule has 0 aromatic carbocycles. The maximum atomic E-state index is 11.5. The molecule has 0 saturated carbocycles. The van der Waals surface area contributed by atoms with Crippen molar-refractivity contribution in [1.82, 2.24) is 4.98 Å². The predicted octanol–water partition coefficient (Wildman–Crippen LogP) is 2.39. The summed E-state index contributed by atoms with van der Waals surface area (Å²) in [5, 5.41) is 0. The lowest BCUT2D eigenvalue weighted by molar-refractivity contribution is -0.118. The molecule has 0 spiro atoms. The monoisotopic (exact) mass is 207 g/mol. The summed E-state index contributed by atoms with van der Waals surface area (Å²) in [6, 6.07) is 3.66. The molecule has 0 unspecified atom stereocenters. The van der Waals surface area contributed by atoms with E-state index < -0.39 is 0 Å². The maximum absolute atomic E-state index is 11.5. The number of hydrogen-bond acceptors (Lipinski definition) is 3. The van der Waals surface area contributed by atoms with E-state index in [1.165, 1.54) is 0 Å². The zero-order chi connectivity index (χ0) is 11.1. The van der Waals surface area contributed by atoms with E-state index in [1.54, 1.807) is 19.4 Å². The molecule has 0 bridgehead atoms. The van der Waals surface area contributed by atoms with Crippen molar-refractivity contribution in [1.29, 1.82) is 0 Å². The number of unbranched alkanes of at least 4 members (excludes halogenated alkanes) is 1. The van der Waals surface area contributed by atoms with E-state index in [9.17, 15) is 4.79 Å². The first kappa shape index (κ1) is 11.7. The number of ketones is 1. The maximum Gasteiger partial charge on any atom is 0.212 e. The standard InChI is InChI=1S/C12H17NO2/c1-3-4-5-11(14)8-10-6-7-12(15-2)13-9-10/h6-7,9H,3-5,8H2,1-2H3. The molecular weight excluding hydrogens is 190 g/mol. The molecule has 0 atom stereocenters. The topological polar surface area (TPSA) is 39.2 Å². The Hall–Kier alpha value is -1.38. The molecule has 1 heterocycles. The molecule has 0 amide bonds. The van der Waals surface area contributed by atoms with E-state index in [2.05, 4.69) is 11.9 Å². The van der Waals surface area contributed by atoms with E-state index in [-0.39, 0.29) is 5.78 Å². The summed E-state index contributed by atoms with van der Waals surface area (Å²) in [6.45, 7) is 2.09. The summed E-state index contributed by atoms with van der Waals surface area (Å²) in [7, 11) is 1.58. The van der Waals surface area contributed by atoms with Crippen LogP contribution in [0, 0.1) is 0 Å². The van der Waals surface area contributed by atoms with Crippen molar-refractivity contribution < 1.29 is 9.53 Å². The quantitative estimate of drug-likeness (QED) is 0.719. The van der Waals surface area contributed by atoms with Gasteiger partial charge in [-0.1, -0.05) is 19.4 Å². The molecule has 0 fully saturated rings. The van der Waals surface area contributed by atoms with Crippen molar-refractivity contribution >= 4 is 5.78 Å². The highest BCUT2D eigenvalue weighted by Crippen LogP contribution is 2.08. The Morgan fingerprint density at radius 3 is 2.80 bits per heavy atom. The average molecular weight is 207 g/mol. The number of nitrogens with zero attached hydrogens (tertiary/aromatic N) is 1. The number of ether oxygens (including phenoxy) is 1. The number of hydrogen-bond donors (Lipinski definition) is 0. The smallest absolute Gasteiger partial charge is 0.212 e. The van der Waals surface area contributed by atoms with Crippen LogP contribution in [0.1, 0.15) is 31.7 Å². The second kappa shape index (κ2) is 6.17. The number of pyridine rings is 1. The molecule has 1 rings (SSSR count). The van der Waals surface area contributed by atoms with Crippen LogP contribution in [0.4, 0.5) is 0 Å². The summed E-state index contributed by atoms with van der Waals surface area (Å²) < 4.78 is 4.94. The van der Waals surface area contributed by atoms with E-state index in [0.29, 0.717) is 18.7 Å². The molecule has 15 heavy (non-hydrogen) atoms. The summed E-state index contributed by atoms with van der Waals surface area (Å²) in [5.74, 6) is 0.864. The third-order valence-corrected chi connectivity index (χ3v) is 2.22. The number of Topliss-reactive ketones (excluding diaryl/α,β-unsaturated/α-hetero) is 1. The lowest BCUT2D eigenvalue weighted by Gasteiger charge is -2.01. The molecule has 82 valence electrons. The Labute approximate surface area is 90.5 Å². The van der Waals surface area contributed by atoms with Gasteiger partial charge in [0.05, 0.1) is 7.11 Å². The fourth-order valence-corrected chi connectivity index (χ4v) is 1.33. The van der Waals surface area contributed by atoms with Crippen LogP contribution in [0.2, 0.25) is 0 Å². The van der Waals surface area contributed by atoms with Crippen LogP contribution in [-0.2, 0) is 11.2 Å². The summed E-state index contributed by atoms with van der Waals surface area (Å²) >= 11 is 0. The fourth-order valence-electron chi connectivity index (χ4n) is 1.33. The molecule has 3 heteroatoms. The number of carbonyl (C=O) groups excluding carboxylic acids is 1. The minimum Gasteiger partial charge on any atom is -0.481 e. The Morgan fingerprint density at radius 2 is 2.27 bits per heavy atom. The molecule has 1 aromatic rings. The van der Waals surface area contributed by atoms with Crippen LogP contribution in [-0.4, -0.2) is 17.9 Å². The van der Waals surface area contributed by atoms with E-state index in [1.807, 2.05) is 6.07 Å². The predicted molar refractivity (Wildman–Crippen MR) is 59.0 cm³/mol. The van der Waals surface area contributed by atoms with E-state index in [0.717, 1.165) is 18.4 Å². The second-order valence-electron chi connectivity index (χ2n) is 3.53. The fraction of sp³-hybridized carbons (Fsp3) is 0.500. The second-order valence-corrected chi connectivity index (χ2v) is 3.53. The van der Waals surface area contributed by atoms with Crippen LogP contribution in [0.15, 0.2) is 18.3 Å². The van der Waals surface area contributed by atoms with Crippen LogP contribution in [0.3, 0.4) is 0 Å². The van der Waals surface area contributed by atoms with Crippen molar-refractivity contribution in [3.63, 3.8) is 0 Å². The Balaban J connectivity index is 2.46. The van der Waals surface area contributed by atoms with Crippen molar-refractivity contribution in [3.05, 3.63) is 23.9 Å². The Kier molecular flexibility index (Phi) is 4.81. The van der Waals surface area contributed by atoms with Gasteiger partial charge >= 0.3 is 0 Å². The van der Waals surface area contributed by atoms with Crippen molar-refractivity contribution in [2.45, 2.75) is 32.6 Å². The van der Waals surface area contributed by atoms with Gasteiger partial charge in [0.15, 0.2) is 0 Å².